The molecule has 0 unspecified atom stereocenters. The number of para-hydroxylation sites is 1. The highest BCUT2D eigenvalue weighted by Crippen LogP contribution is 2.30. The number of hydrogen-bond donors (Lipinski definition) is 0. The van der Waals surface area contributed by atoms with E-state index < -0.39 is 0 Å². The molecule has 1 aromatic rings. The van der Waals surface area contributed by atoms with Crippen molar-refractivity contribution in [1.82, 2.24) is 0 Å². The summed E-state index contributed by atoms with van der Waals surface area (Å²) >= 11 is 1.53. The van der Waals surface area contributed by atoms with Crippen molar-refractivity contribution in [3.8, 4) is 0 Å². The van der Waals surface area contributed by atoms with Crippen molar-refractivity contribution in [1.29, 1.82) is 0 Å². The van der Waals surface area contributed by atoms with Gasteiger partial charge < -0.3 is 0 Å². The first-order chi connectivity index (χ1) is 8.63. The van der Waals surface area contributed by atoms with Crippen LogP contribution in [0.25, 0.3) is 0 Å². The quantitative estimate of drug-likeness (QED) is 0.838. The summed E-state index contributed by atoms with van der Waals surface area (Å²) < 4.78 is 0. The van der Waals surface area contributed by atoms with Gasteiger partial charge in [0.25, 0.3) is 0 Å². The molecule has 0 radical (unpaired) electrons. The Morgan fingerprint density at radius 3 is 2.78 bits per heavy atom. The highest BCUT2D eigenvalue weighted by Gasteiger charge is 2.30. The zero-order valence-corrected chi connectivity index (χ0v) is 11.8. The average Bonchev–Trinajstić information content (AvgIpc) is 2.69. The van der Waals surface area contributed by atoms with Crippen molar-refractivity contribution in [2.75, 3.05) is 10.7 Å². The Labute approximate surface area is 112 Å². The Morgan fingerprint density at radius 1 is 1.39 bits per heavy atom. The molecule has 0 saturated carbocycles. The number of carbonyl (C=O) groups excluding carboxylic acids is 1. The van der Waals surface area contributed by atoms with Crippen molar-refractivity contribution in [2.24, 2.45) is 4.99 Å². The van der Waals surface area contributed by atoms with Gasteiger partial charge in [0.05, 0.1) is 11.4 Å². The van der Waals surface area contributed by atoms with Gasteiger partial charge in [-0.3, -0.25) is 14.7 Å². The summed E-state index contributed by atoms with van der Waals surface area (Å²) in [5.41, 5.74) is 2.17. The molecule has 18 heavy (non-hydrogen) atoms. The van der Waals surface area contributed by atoms with E-state index in [0.29, 0.717) is 5.75 Å². The van der Waals surface area contributed by atoms with Gasteiger partial charge >= 0.3 is 0 Å². The SMILES string of the molecule is CCc1ccccc1N1C(=O)CS/C1=N\C(C)C. The lowest BCUT2D eigenvalue weighted by atomic mass is 10.1. The lowest BCUT2D eigenvalue weighted by Gasteiger charge is -2.19. The molecular formula is C14H18N2OS. The number of thioether (sulfide) groups is 1. The number of aliphatic imine (C=N–C) groups is 1. The first-order valence-electron chi connectivity index (χ1n) is 6.25. The Kier molecular flexibility index (Phi) is 4.07. The van der Waals surface area contributed by atoms with Crippen molar-refractivity contribution in [2.45, 2.75) is 33.2 Å². The Balaban J connectivity index is 2.43. The third kappa shape index (κ3) is 2.58. The van der Waals surface area contributed by atoms with Gasteiger partial charge in [0.15, 0.2) is 5.17 Å². The number of amidine groups is 1. The molecule has 2 rings (SSSR count). The molecule has 1 saturated heterocycles. The van der Waals surface area contributed by atoms with Crippen molar-refractivity contribution < 1.29 is 4.79 Å². The van der Waals surface area contributed by atoms with Crippen LogP contribution in [0.5, 0.6) is 0 Å². The molecule has 0 spiro atoms. The number of aryl methyl sites for hydroxylation is 1. The number of benzene rings is 1. The highest BCUT2D eigenvalue weighted by atomic mass is 32.2. The number of amides is 1. The normalized spacial score (nSPS) is 18.1. The van der Waals surface area contributed by atoms with E-state index in [4.69, 9.17) is 0 Å². The first-order valence-corrected chi connectivity index (χ1v) is 7.23. The number of anilines is 1. The lowest BCUT2D eigenvalue weighted by molar-refractivity contribution is -0.115. The fourth-order valence-corrected chi connectivity index (χ4v) is 2.94. The standard InChI is InChI=1S/C14H18N2OS/c1-4-11-7-5-6-8-12(11)16-13(17)9-18-14(16)15-10(2)3/h5-8,10H,4,9H2,1-3H3/b15-14-. The minimum absolute atomic E-state index is 0.125. The van der Waals surface area contributed by atoms with E-state index in [0.717, 1.165) is 17.3 Å². The number of nitrogens with zero attached hydrogens (tertiary/aromatic N) is 2. The molecule has 0 bridgehead atoms. The van der Waals surface area contributed by atoms with Gasteiger partial charge in [0.1, 0.15) is 0 Å². The smallest absolute Gasteiger partial charge is 0.243 e. The van der Waals surface area contributed by atoms with Gasteiger partial charge in [-0.2, -0.15) is 0 Å². The van der Waals surface area contributed by atoms with Gasteiger partial charge in [-0.15, -0.1) is 0 Å². The van der Waals surface area contributed by atoms with E-state index in [2.05, 4.69) is 18.0 Å². The maximum absolute atomic E-state index is 12.1. The largest absolute Gasteiger partial charge is 0.273 e. The van der Waals surface area contributed by atoms with Crippen LogP contribution in [0.3, 0.4) is 0 Å². The Hall–Kier alpha value is -1.29. The second-order valence-electron chi connectivity index (χ2n) is 4.51. The monoisotopic (exact) mass is 262 g/mol. The molecule has 96 valence electrons. The highest BCUT2D eigenvalue weighted by molar-refractivity contribution is 8.15. The Bertz CT molecular complexity index is 482. The summed E-state index contributed by atoms with van der Waals surface area (Å²) in [7, 11) is 0. The van der Waals surface area contributed by atoms with Crippen LogP contribution in [0.4, 0.5) is 5.69 Å². The maximum Gasteiger partial charge on any atom is 0.243 e. The van der Waals surface area contributed by atoms with Crippen molar-refractivity contribution in [3.63, 3.8) is 0 Å². The fraction of sp³-hybridized carbons (Fsp3) is 0.429. The maximum atomic E-state index is 12.1. The second-order valence-corrected chi connectivity index (χ2v) is 5.45. The summed E-state index contributed by atoms with van der Waals surface area (Å²) in [4.78, 5) is 18.4. The Morgan fingerprint density at radius 2 is 2.11 bits per heavy atom. The van der Waals surface area contributed by atoms with E-state index in [-0.39, 0.29) is 11.9 Å². The molecule has 1 amide bonds. The number of carbonyl (C=O) groups is 1. The van der Waals surface area contributed by atoms with E-state index in [1.54, 1.807) is 4.90 Å². The van der Waals surface area contributed by atoms with E-state index in [9.17, 15) is 4.79 Å². The van der Waals surface area contributed by atoms with E-state index in [1.807, 2.05) is 32.0 Å². The number of rotatable bonds is 3. The van der Waals surface area contributed by atoms with Crippen LogP contribution in [0, 0.1) is 0 Å². The zero-order valence-electron chi connectivity index (χ0n) is 11.0. The average molecular weight is 262 g/mol. The summed E-state index contributed by atoms with van der Waals surface area (Å²) in [6.45, 7) is 6.16. The minimum atomic E-state index is 0.125. The molecule has 3 nitrogen and oxygen atoms in total. The van der Waals surface area contributed by atoms with Crippen LogP contribution in [0.15, 0.2) is 29.3 Å². The first kappa shape index (κ1) is 13.1. The molecule has 1 aromatic carbocycles. The van der Waals surface area contributed by atoms with E-state index in [1.165, 1.54) is 17.3 Å². The van der Waals surface area contributed by atoms with Gasteiger partial charge in [-0.05, 0) is 31.9 Å². The third-order valence-electron chi connectivity index (χ3n) is 2.75. The van der Waals surface area contributed by atoms with Crippen LogP contribution in [0.2, 0.25) is 0 Å². The minimum Gasteiger partial charge on any atom is -0.273 e. The molecule has 0 atom stereocenters. The summed E-state index contributed by atoms with van der Waals surface area (Å²) in [6, 6.07) is 8.25. The van der Waals surface area contributed by atoms with Crippen LogP contribution in [-0.2, 0) is 11.2 Å². The molecule has 1 aliphatic heterocycles. The van der Waals surface area contributed by atoms with Crippen LogP contribution < -0.4 is 4.90 Å². The molecule has 1 aliphatic rings. The van der Waals surface area contributed by atoms with Crippen LogP contribution >= 0.6 is 11.8 Å². The topological polar surface area (TPSA) is 32.7 Å². The van der Waals surface area contributed by atoms with Crippen molar-refractivity contribution in [3.05, 3.63) is 29.8 Å². The molecule has 0 aromatic heterocycles. The third-order valence-corrected chi connectivity index (χ3v) is 3.68. The summed E-state index contributed by atoms with van der Waals surface area (Å²) in [5, 5.41) is 0.830. The lowest BCUT2D eigenvalue weighted by Crippen LogP contribution is -2.30. The molecule has 0 N–H and O–H groups in total. The van der Waals surface area contributed by atoms with Gasteiger partial charge in [0, 0.05) is 6.04 Å². The number of hydrogen-bond acceptors (Lipinski definition) is 3. The summed E-state index contributed by atoms with van der Waals surface area (Å²) in [6.07, 6.45) is 0.916. The van der Waals surface area contributed by atoms with E-state index >= 15 is 0 Å². The molecule has 1 fully saturated rings. The molecule has 4 heteroatoms. The van der Waals surface area contributed by atoms with Gasteiger partial charge in [-0.25, -0.2) is 0 Å². The van der Waals surface area contributed by atoms with Gasteiger partial charge in [-0.1, -0.05) is 36.9 Å². The second kappa shape index (κ2) is 5.57. The van der Waals surface area contributed by atoms with Crippen LogP contribution in [0.1, 0.15) is 26.3 Å². The van der Waals surface area contributed by atoms with Crippen molar-refractivity contribution >= 4 is 28.5 Å². The molecule has 1 heterocycles. The predicted octanol–water partition coefficient (Wildman–Crippen LogP) is 3.09. The van der Waals surface area contributed by atoms with Gasteiger partial charge in [0.2, 0.25) is 5.91 Å². The summed E-state index contributed by atoms with van der Waals surface area (Å²) in [5.74, 6) is 0.615. The predicted molar refractivity (Wildman–Crippen MR) is 78.3 cm³/mol. The molecular weight excluding hydrogens is 244 g/mol. The zero-order chi connectivity index (χ0) is 13.1. The van der Waals surface area contributed by atoms with Crippen LogP contribution in [-0.4, -0.2) is 22.9 Å². The molecule has 0 aliphatic carbocycles. The fourth-order valence-electron chi connectivity index (χ4n) is 1.94.